The molecule has 0 atom stereocenters. The Morgan fingerprint density at radius 3 is 2.32 bits per heavy atom. The van der Waals surface area contributed by atoms with Crippen LogP contribution in [-0.2, 0) is 5.75 Å². The number of nitrogens with zero attached hydrogens (tertiary/aromatic N) is 5. The van der Waals surface area contributed by atoms with Gasteiger partial charge in [0.05, 0.1) is 7.11 Å². The third kappa shape index (κ3) is 5.55. The van der Waals surface area contributed by atoms with E-state index in [4.69, 9.17) is 4.74 Å². The van der Waals surface area contributed by atoms with Crippen molar-refractivity contribution in [2.24, 2.45) is 0 Å². The molecule has 3 aromatic carbocycles. The van der Waals surface area contributed by atoms with E-state index in [1.807, 2.05) is 53.4 Å². The van der Waals surface area contributed by atoms with Crippen LogP contribution in [-0.4, -0.2) is 70.8 Å². The molecule has 0 unspecified atom stereocenters. The standard InChI is InChI=1S/C29H31N5O2S/c1-21-8-10-22(11-9-21)27-30-31-29(34(27)24-12-14-25(36-3)15-13-24)37-20-23-6-4-5-7-26(23)28(35)33-18-16-32(2)17-19-33/h4-15H,16-20H2,1-3H3. The molecular formula is C29H31N5O2S. The maximum absolute atomic E-state index is 13.4. The molecule has 0 spiro atoms. The summed E-state index contributed by atoms with van der Waals surface area (Å²) in [6.07, 6.45) is 0. The fourth-order valence-corrected chi connectivity index (χ4v) is 5.35. The Hall–Kier alpha value is -3.62. The van der Waals surface area contributed by atoms with E-state index in [0.717, 1.165) is 65.3 Å². The lowest BCUT2D eigenvalue weighted by molar-refractivity contribution is 0.0663. The minimum Gasteiger partial charge on any atom is -0.497 e. The molecule has 4 aromatic rings. The molecule has 37 heavy (non-hydrogen) atoms. The fraction of sp³-hybridized carbons (Fsp3) is 0.276. The van der Waals surface area contributed by atoms with Crippen LogP contribution in [0.5, 0.6) is 5.75 Å². The molecule has 0 bridgehead atoms. The van der Waals surface area contributed by atoms with Gasteiger partial charge in [0.15, 0.2) is 11.0 Å². The van der Waals surface area contributed by atoms with Crippen LogP contribution in [0, 0.1) is 6.92 Å². The molecule has 7 nitrogen and oxygen atoms in total. The summed E-state index contributed by atoms with van der Waals surface area (Å²) >= 11 is 1.58. The van der Waals surface area contributed by atoms with Crippen molar-refractivity contribution >= 4 is 17.7 Å². The molecule has 1 aliphatic rings. The average Bonchev–Trinajstić information content (AvgIpc) is 3.36. The Morgan fingerprint density at radius 1 is 0.919 bits per heavy atom. The molecule has 1 fully saturated rings. The zero-order valence-electron chi connectivity index (χ0n) is 21.4. The van der Waals surface area contributed by atoms with Gasteiger partial charge in [-0.1, -0.05) is 59.8 Å². The van der Waals surface area contributed by atoms with E-state index in [2.05, 4.69) is 57.9 Å². The summed E-state index contributed by atoms with van der Waals surface area (Å²) in [4.78, 5) is 17.6. The summed E-state index contributed by atoms with van der Waals surface area (Å²) in [5.74, 6) is 2.27. The number of aromatic nitrogens is 3. The molecule has 2 heterocycles. The van der Waals surface area contributed by atoms with E-state index in [-0.39, 0.29) is 5.91 Å². The van der Waals surface area contributed by atoms with Gasteiger partial charge in [-0.25, -0.2) is 0 Å². The van der Waals surface area contributed by atoms with Crippen LogP contribution in [0.15, 0.2) is 78.0 Å². The summed E-state index contributed by atoms with van der Waals surface area (Å²) in [5, 5.41) is 9.90. The van der Waals surface area contributed by atoms with Crippen molar-refractivity contribution in [2.75, 3.05) is 40.3 Å². The third-order valence-corrected chi connectivity index (χ3v) is 7.65. The number of hydrogen-bond acceptors (Lipinski definition) is 6. The highest BCUT2D eigenvalue weighted by Gasteiger charge is 2.23. The Kier molecular flexibility index (Phi) is 7.58. The number of carbonyl (C=O) groups excluding carboxylic acids is 1. The molecule has 0 N–H and O–H groups in total. The van der Waals surface area contributed by atoms with Gasteiger partial charge in [0, 0.05) is 48.7 Å². The number of benzene rings is 3. The van der Waals surface area contributed by atoms with Crippen molar-refractivity contribution in [1.29, 1.82) is 0 Å². The molecule has 190 valence electrons. The highest BCUT2D eigenvalue weighted by molar-refractivity contribution is 7.98. The number of piperazine rings is 1. The molecule has 0 aliphatic carbocycles. The van der Waals surface area contributed by atoms with Crippen LogP contribution >= 0.6 is 11.8 Å². The number of thioether (sulfide) groups is 1. The zero-order chi connectivity index (χ0) is 25.8. The minimum absolute atomic E-state index is 0.0984. The first-order chi connectivity index (χ1) is 18.0. The number of rotatable bonds is 7. The molecular weight excluding hydrogens is 482 g/mol. The SMILES string of the molecule is COc1ccc(-n2c(SCc3ccccc3C(=O)N3CCN(C)CC3)nnc2-c2ccc(C)cc2)cc1. The van der Waals surface area contributed by atoms with Gasteiger partial charge in [0.2, 0.25) is 0 Å². The van der Waals surface area contributed by atoms with E-state index < -0.39 is 0 Å². The maximum Gasteiger partial charge on any atom is 0.254 e. The summed E-state index contributed by atoms with van der Waals surface area (Å²) in [5.41, 5.74) is 4.89. The fourth-order valence-electron chi connectivity index (χ4n) is 4.39. The van der Waals surface area contributed by atoms with E-state index >= 15 is 0 Å². The van der Waals surface area contributed by atoms with Gasteiger partial charge in [-0.15, -0.1) is 10.2 Å². The Labute approximate surface area is 222 Å². The van der Waals surface area contributed by atoms with Crippen LogP contribution in [0.25, 0.3) is 17.1 Å². The summed E-state index contributed by atoms with van der Waals surface area (Å²) in [7, 11) is 3.75. The predicted molar refractivity (Wildman–Crippen MR) is 147 cm³/mol. The zero-order valence-corrected chi connectivity index (χ0v) is 22.2. The second-order valence-electron chi connectivity index (χ2n) is 9.25. The third-order valence-electron chi connectivity index (χ3n) is 6.67. The monoisotopic (exact) mass is 513 g/mol. The number of hydrogen-bond donors (Lipinski definition) is 0. The summed E-state index contributed by atoms with van der Waals surface area (Å²) in [6.45, 7) is 5.37. The van der Waals surface area contributed by atoms with Crippen molar-refractivity contribution < 1.29 is 9.53 Å². The Morgan fingerprint density at radius 2 is 1.62 bits per heavy atom. The lowest BCUT2D eigenvalue weighted by Gasteiger charge is -2.32. The Bertz CT molecular complexity index is 1360. The predicted octanol–water partition coefficient (Wildman–Crippen LogP) is 4.93. The Balaban J connectivity index is 1.44. The van der Waals surface area contributed by atoms with E-state index in [1.165, 1.54) is 5.56 Å². The van der Waals surface area contributed by atoms with Crippen molar-refractivity contribution in [3.63, 3.8) is 0 Å². The maximum atomic E-state index is 13.4. The topological polar surface area (TPSA) is 63.5 Å². The normalized spacial score (nSPS) is 14.1. The van der Waals surface area contributed by atoms with Gasteiger partial charge < -0.3 is 14.5 Å². The van der Waals surface area contributed by atoms with Crippen LogP contribution in [0.2, 0.25) is 0 Å². The van der Waals surface area contributed by atoms with Gasteiger partial charge in [-0.2, -0.15) is 0 Å². The second kappa shape index (κ2) is 11.2. The second-order valence-corrected chi connectivity index (χ2v) is 10.2. The molecule has 0 radical (unpaired) electrons. The first-order valence-electron chi connectivity index (χ1n) is 12.4. The molecule has 1 aliphatic heterocycles. The number of carbonyl (C=O) groups is 1. The smallest absolute Gasteiger partial charge is 0.254 e. The van der Waals surface area contributed by atoms with Crippen molar-refractivity contribution in [1.82, 2.24) is 24.6 Å². The van der Waals surface area contributed by atoms with Crippen LogP contribution < -0.4 is 4.74 Å². The van der Waals surface area contributed by atoms with Gasteiger partial charge in [0.25, 0.3) is 5.91 Å². The van der Waals surface area contributed by atoms with E-state index in [9.17, 15) is 4.79 Å². The summed E-state index contributed by atoms with van der Waals surface area (Å²) < 4.78 is 7.43. The highest BCUT2D eigenvalue weighted by atomic mass is 32.2. The first-order valence-corrected chi connectivity index (χ1v) is 13.4. The number of likely N-dealkylation sites (N-methyl/N-ethyl adjacent to an activating group) is 1. The number of aryl methyl sites for hydroxylation is 1. The highest BCUT2D eigenvalue weighted by Crippen LogP contribution is 2.31. The summed E-state index contributed by atoms with van der Waals surface area (Å²) in [6, 6.07) is 24.1. The van der Waals surface area contributed by atoms with Gasteiger partial charge >= 0.3 is 0 Å². The molecule has 0 saturated carbocycles. The first kappa shape index (κ1) is 25.0. The van der Waals surface area contributed by atoms with Crippen LogP contribution in [0.1, 0.15) is 21.5 Å². The molecule has 8 heteroatoms. The van der Waals surface area contributed by atoms with E-state index in [0.29, 0.717) is 5.75 Å². The van der Waals surface area contributed by atoms with Gasteiger partial charge in [-0.05, 0) is 49.9 Å². The van der Waals surface area contributed by atoms with Gasteiger partial charge in [-0.3, -0.25) is 9.36 Å². The van der Waals surface area contributed by atoms with Crippen molar-refractivity contribution in [3.8, 4) is 22.8 Å². The van der Waals surface area contributed by atoms with Crippen molar-refractivity contribution in [3.05, 3.63) is 89.5 Å². The molecule has 5 rings (SSSR count). The van der Waals surface area contributed by atoms with E-state index in [1.54, 1.807) is 18.9 Å². The number of methoxy groups -OCH3 is 1. The lowest BCUT2D eigenvalue weighted by Crippen LogP contribution is -2.47. The lowest BCUT2D eigenvalue weighted by atomic mass is 10.1. The quantitative estimate of drug-likeness (QED) is 0.327. The number of ether oxygens (including phenoxy) is 1. The van der Waals surface area contributed by atoms with Crippen molar-refractivity contribution in [2.45, 2.75) is 17.8 Å². The molecule has 1 amide bonds. The number of amides is 1. The van der Waals surface area contributed by atoms with Crippen LogP contribution in [0.3, 0.4) is 0 Å². The average molecular weight is 514 g/mol. The molecule has 1 saturated heterocycles. The van der Waals surface area contributed by atoms with Gasteiger partial charge in [0.1, 0.15) is 5.75 Å². The molecule has 1 aromatic heterocycles. The largest absolute Gasteiger partial charge is 0.497 e. The van der Waals surface area contributed by atoms with Crippen LogP contribution in [0.4, 0.5) is 0 Å². The minimum atomic E-state index is 0.0984.